The van der Waals surface area contributed by atoms with Gasteiger partial charge in [-0.15, -0.1) is 0 Å². The third kappa shape index (κ3) is 3.47. The summed E-state index contributed by atoms with van der Waals surface area (Å²) in [6, 6.07) is 10.3. The predicted octanol–water partition coefficient (Wildman–Crippen LogP) is 3.77. The molecule has 0 radical (unpaired) electrons. The van der Waals surface area contributed by atoms with Crippen LogP contribution < -0.4 is 14.4 Å². The Morgan fingerprint density at radius 1 is 1.06 bits per heavy atom. The van der Waals surface area contributed by atoms with Crippen LogP contribution in [0.1, 0.15) is 22.9 Å². The van der Waals surface area contributed by atoms with Crippen molar-refractivity contribution in [1.29, 1.82) is 0 Å². The lowest BCUT2D eigenvalue weighted by molar-refractivity contribution is -0.132. The summed E-state index contributed by atoms with van der Waals surface area (Å²) in [4.78, 5) is 27.2. The smallest absolute Gasteiger partial charge is 0.301 e. The molecule has 3 aromatic rings. The second-order valence-electron chi connectivity index (χ2n) is 7.09. The highest BCUT2D eigenvalue weighted by Crippen LogP contribution is 2.43. The van der Waals surface area contributed by atoms with Crippen LogP contribution in [-0.2, 0) is 9.59 Å². The topological polar surface area (TPSA) is 102 Å². The number of aromatic nitrogens is 1. The van der Waals surface area contributed by atoms with Gasteiger partial charge < -0.3 is 19.1 Å². The van der Waals surface area contributed by atoms with E-state index in [4.69, 9.17) is 14.0 Å². The van der Waals surface area contributed by atoms with E-state index in [1.165, 1.54) is 32.4 Å². The number of anilines is 1. The number of methoxy groups -OCH3 is 2. The molecule has 32 heavy (non-hydrogen) atoms. The molecule has 0 saturated carbocycles. The molecule has 1 aliphatic heterocycles. The highest BCUT2D eigenvalue weighted by Gasteiger charge is 2.48. The standard InChI is InChI=1S/C23H19FN2O6/c1-12-10-18(25-32-12)26-20(14-6-9-16(30-2)17(11-14)31-3)19(22(28)23(26)29)21(27)13-4-7-15(24)8-5-13/h4-11,20,27H,1-3H3/b21-19+/t20-/m1/s1. The molecule has 1 aliphatic rings. The Morgan fingerprint density at radius 2 is 1.75 bits per heavy atom. The maximum absolute atomic E-state index is 13.4. The van der Waals surface area contributed by atoms with Crippen LogP contribution in [0.3, 0.4) is 0 Å². The number of ketones is 1. The van der Waals surface area contributed by atoms with Crippen molar-refractivity contribution in [2.24, 2.45) is 0 Å². The van der Waals surface area contributed by atoms with Gasteiger partial charge in [0.1, 0.15) is 17.3 Å². The Labute approximate surface area is 182 Å². The number of Topliss-reactive ketones (excluding diaryl/α,β-unsaturated/α-hetero) is 1. The molecule has 1 amide bonds. The lowest BCUT2D eigenvalue weighted by atomic mass is 9.95. The molecular weight excluding hydrogens is 419 g/mol. The van der Waals surface area contributed by atoms with E-state index < -0.39 is 29.3 Å². The predicted molar refractivity (Wildman–Crippen MR) is 112 cm³/mol. The Hall–Kier alpha value is -4.14. The van der Waals surface area contributed by atoms with Crippen LogP contribution in [0.25, 0.3) is 5.76 Å². The number of benzene rings is 2. The van der Waals surface area contributed by atoms with Gasteiger partial charge in [0.15, 0.2) is 17.3 Å². The number of aliphatic hydroxyl groups is 1. The van der Waals surface area contributed by atoms with E-state index in [0.717, 1.165) is 17.0 Å². The quantitative estimate of drug-likeness (QED) is 0.368. The second-order valence-corrected chi connectivity index (χ2v) is 7.09. The fraction of sp³-hybridized carbons (Fsp3) is 0.174. The Balaban J connectivity index is 1.95. The van der Waals surface area contributed by atoms with Gasteiger partial charge in [0, 0.05) is 11.6 Å². The van der Waals surface area contributed by atoms with Crippen LogP contribution >= 0.6 is 0 Å². The van der Waals surface area contributed by atoms with Crippen LogP contribution in [0.15, 0.2) is 58.6 Å². The molecular formula is C23H19FN2O6. The monoisotopic (exact) mass is 438 g/mol. The van der Waals surface area contributed by atoms with E-state index in [0.29, 0.717) is 22.8 Å². The number of carbonyl (C=O) groups excluding carboxylic acids is 2. The summed E-state index contributed by atoms with van der Waals surface area (Å²) in [6.45, 7) is 1.65. The van der Waals surface area contributed by atoms with Gasteiger partial charge in [-0.1, -0.05) is 11.2 Å². The maximum Gasteiger partial charge on any atom is 0.301 e. The fourth-order valence-electron chi connectivity index (χ4n) is 3.64. The summed E-state index contributed by atoms with van der Waals surface area (Å²) in [6.07, 6.45) is 0. The fourth-order valence-corrected chi connectivity index (χ4v) is 3.64. The van der Waals surface area contributed by atoms with Gasteiger partial charge in [0.2, 0.25) is 0 Å². The van der Waals surface area contributed by atoms with Crippen molar-refractivity contribution in [3.63, 3.8) is 0 Å². The lowest BCUT2D eigenvalue weighted by Crippen LogP contribution is -2.29. The first-order valence-electron chi connectivity index (χ1n) is 9.58. The Morgan fingerprint density at radius 3 is 2.34 bits per heavy atom. The number of nitrogens with zero attached hydrogens (tertiary/aromatic N) is 2. The summed E-state index contributed by atoms with van der Waals surface area (Å²) in [5.74, 6) is -1.37. The molecule has 1 fully saturated rings. The average Bonchev–Trinajstić information content (AvgIpc) is 3.34. The van der Waals surface area contributed by atoms with E-state index in [9.17, 15) is 19.1 Å². The minimum absolute atomic E-state index is 0.113. The largest absolute Gasteiger partial charge is 0.507 e. The SMILES string of the molecule is COc1ccc([C@@H]2/C(=C(\O)c3ccc(F)cc3)C(=O)C(=O)N2c2cc(C)on2)cc1OC. The summed E-state index contributed by atoms with van der Waals surface area (Å²) >= 11 is 0. The minimum atomic E-state index is -1.04. The van der Waals surface area contributed by atoms with Gasteiger partial charge in [-0.05, 0) is 48.9 Å². The first-order chi connectivity index (χ1) is 15.3. The molecule has 1 saturated heterocycles. The van der Waals surface area contributed by atoms with Gasteiger partial charge >= 0.3 is 5.91 Å². The zero-order valence-corrected chi connectivity index (χ0v) is 17.5. The molecule has 0 unspecified atom stereocenters. The van der Waals surface area contributed by atoms with Crippen LogP contribution in [-0.4, -0.2) is 36.2 Å². The van der Waals surface area contributed by atoms with E-state index >= 15 is 0 Å². The van der Waals surface area contributed by atoms with Crippen LogP contribution in [0.2, 0.25) is 0 Å². The number of rotatable bonds is 5. The van der Waals surface area contributed by atoms with Gasteiger partial charge in [-0.3, -0.25) is 14.5 Å². The average molecular weight is 438 g/mol. The van der Waals surface area contributed by atoms with Crippen molar-refractivity contribution in [3.8, 4) is 11.5 Å². The molecule has 0 aliphatic carbocycles. The van der Waals surface area contributed by atoms with Crippen molar-refractivity contribution in [2.75, 3.05) is 19.1 Å². The molecule has 0 bridgehead atoms. The number of amides is 1. The molecule has 2 heterocycles. The molecule has 1 aromatic heterocycles. The van der Waals surface area contributed by atoms with Crippen LogP contribution in [0.4, 0.5) is 10.2 Å². The molecule has 9 heteroatoms. The minimum Gasteiger partial charge on any atom is -0.507 e. The number of carbonyl (C=O) groups is 2. The zero-order chi connectivity index (χ0) is 23.0. The zero-order valence-electron chi connectivity index (χ0n) is 17.5. The number of hydrogen-bond acceptors (Lipinski definition) is 7. The molecule has 0 spiro atoms. The summed E-state index contributed by atoms with van der Waals surface area (Å²) in [5, 5.41) is 14.9. The van der Waals surface area contributed by atoms with E-state index in [1.54, 1.807) is 25.1 Å². The number of aryl methyl sites for hydroxylation is 1. The Kier molecular flexibility index (Phi) is 5.40. The van der Waals surface area contributed by atoms with Gasteiger partial charge in [-0.2, -0.15) is 0 Å². The molecule has 4 rings (SSSR count). The molecule has 2 aromatic carbocycles. The first-order valence-corrected chi connectivity index (χ1v) is 9.58. The lowest BCUT2D eigenvalue weighted by Gasteiger charge is -2.23. The highest BCUT2D eigenvalue weighted by molar-refractivity contribution is 6.51. The van der Waals surface area contributed by atoms with E-state index in [1.807, 2.05) is 0 Å². The normalized spacial score (nSPS) is 17.6. The van der Waals surface area contributed by atoms with Gasteiger partial charge in [0.05, 0.1) is 25.8 Å². The van der Waals surface area contributed by atoms with Crippen LogP contribution in [0, 0.1) is 12.7 Å². The highest BCUT2D eigenvalue weighted by atomic mass is 19.1. The molecule has 1 atom stereocenters. The van der Waals surface area contributed by atoms with E-state index in [-0.39, 0.29) is 17.0 Å². The van der Waals surface area contributed by atoms with Crippen molar-refractivity contribution in [2.45, 2.75) is 13.0 Å². The second kappa shape index (κ2) is 8.18. The first kappa shape index (κ1) is 21.1. The van der Waals surface area contributed by atoms with Gasteiger partial charge in [-0.25, -0.2) is 4.39 Å². The number of ether oxygens (including phenoxy) is 2. The number of hydrogen-bond donors (Lipinski definition) is 1. The van der Waals surface area contributed by atoms with Crippen LogP contribution in [0.5, 0.6) is 11.5 Å². The summed E-state index contributed by atoms with van der Waals surface area (Å²) in [7, 11) is 2.94. The van der Waals surface area contributed by atoms with Crippen molar-refractivity contribution >= 4 is 23.3 Å². The molecule has 8 nitrogen and oxygen atoms in total. The van der Waals surface area contributed by atoms with Crippen molar-refractivity contribution in [1.82, 2.24) is 5.16 Å². The Bertz CT molecular complexity index is 1230. The third-order valence-corrected chi connectivity index (χ3v) is 5.15. The number of halogens is 1. The van der Waals surface area contributed by atoms with Crippen molar-refractivity contribution < 1.29 is 33.1 Å². The van der Waals surface area contributed by atoms with Gasteiger partial charge in [0.25, 0.3) is 5.78 Å². The summed E-state index contributed by atoms with van der Waals surface area (Å²) in [5.41, 5.74) is 0.479. The third-order valence-electron chi connectivity index (χ3n) is 5.15. The van der Waals surface area contributed by atoms with E-state index in [2.05, 4.69) is 5.16 Å². The van der Waals surface area contributed by atoms with Crippen molar-refractivity contribution in [3.05, 3.63) is 76.8 Å². The molecule has 164 valence electrons. The summed E-state index contributed by atoms with van der Waals surface area (Å²) < 4.78 is 29.1. The molecule has 1 N–H and O–H groups in total. The maximum atomic E-state index is 13.4. The number of aliphatic hydroxyl groups excluding tert-OH is 1.